The fourth-order valence-electron chi connectivity index (χ4n) is 0.893. The van der Waals surface area contributed by atoms with Crippen molar-refractivity contribution < 1.29 is 13.5 Å². The van der Waals surface area contributed by atoms with Crippen LogP contribution in [-0.4, -0.2) is 6.61 Å². The maximum atomic E-state index is 11.9. The quantitative estimate of drug-likeness (QED) is 0.674. The molecule has 0 saturated heterocycles. The van der Waals surface area contributed by atoms with E-state index in [1.165, 1.54) is 12.1 Å². The molecule has 0 bridgehead atoms. The number of alkyl halides is 2. The molecule has 3 nitrogen and oxygen atoms in total. The van der Waals surface area contributed by atoms with Gasteiger partial charge in [-0.05, 0) is 34.7 Å². The molecule has 0 amide bonds. The fourth-order valence-corrected chi connectivity index (χ4v) is 1.67. The molecule has 1 aromatic rings. The maximum absolute atomic E-state index is 11.9. The molecule has 0 fully saturated rings. The van der Waals surface area contributed by atoms with Gasteiger partial charge in [-0.3, -0.25) is 0 Å². The van der Waals surface area contributed by atoms with Crippen LogP contribution in [0.25, 0.3) is 0 Å². The normalized spacial score (nSPS) is 9.93. The van der Waals surface area contributed by atoms with Gasteiger partial charge < -0.3 is 10.5 Å². The summed E-state index contributed by atoms with van der Waals surface area (Å²) in [5.74, 6) is -0.0837. The Hall–Kier alpha value is -1.10. The molecule has 0 atom stereocenters. The monoisotopic (exact) mass is 310 g/mol. The van der Waals surface area contributed by atoms with Crippen LogP contribution in [0, 0.1) is 14.9 Å². The summed E-state index contributed by atoms with van der Waals surface area (Å²) in [5.41, 5.74) is 5.78. The van der Waals surface area contributed by atoms with Gasteiger partial charge in [0.25, 0.3) is 0 Å². The second kappa shape index (κ2) is 4.41. The fraction of sp³-hybridized carbons (Fsp3) is 0.125. The SMILES string of the molecule is N#Cc1cc(N)c(OC(F)F)c(I)c1. The molecule has 0 aliphatic carbocycles. The van der Waals surface area contributed by atoms with Crippen LogP contribution >= 0.6 is 22.6 Å². The highest BCUT2D eigenvalue weighted by Gasteiger charge is 2.12. The Kier molecular flexibility index (Phi) is 3.46. The van der Waals surface area contributed by atoms with Crippen LogP contribution < -0.4 is 10.5 Å². The van der Waals surface area contributed by atoms with E-state index < -0.39 is 6.61 Å². The van der Waals surface area contributed by atoms with Crippen LogP contribution in [0.2, 0.25) is 0 Å². The average molecular weight is 310 g/mol. The number of nitrogen functional groups attached to an aromatic ring is 1. The molecule has 0 aromatic heterocycles. The summed E-state index contributed by atoms with van der Waals surface area (Å²) in [6.07, 6.45) is 0. The van der Waals surface area contributed by atoms with E-state index in [4.69, 9.17) is 11.0 Å². The minimum absolute atomic E-state index is 0.0359. The van der Waals surface area contributed by atoms with Gasteiger partial charge in [0.2, 0.25) is 0 Å². The molecule has 0 heterocycles. The predicted octanol–water partition coefficient (Wildman–Crippen LogP) is 2.35. The summed E-state index contributed by atoms with van der Waals surface area (Å²) in [5, 5.41) is 8.56. The molecule has 0 radical (unpaired) electrons. The van der Waals surface area contributed by atoms with Gasteiger partial charge in [-0.25, -0.2) is 0 Å². The van der Waals surface area contributed by atoms with Crippen molar-refractivity contribution in [2.75, 3.05) is 5.73 Å². The highest BCUT2D eigenvalue weighted by molar-refractivity contribution is 14.1. The lowest BCUT2D eigenvalue weighted by atomic mass is 10.2. The van der Waals surface area contributed by atoms with Crippen molar-refractivity contribution >= 4 is 28.3 Å². The second-order valence-electron chi connectivity index (χ2n) is 2.37. The zero-order valence-corrected chi connectivity index (χ0v) is 8.96. The van der Waals surface area contributed by atoms with E-state index in [1.54, 1.807) is 22.6 Å². The first-order valence-electron chi connectivity index (χ1n) is 3.48. The number of nitriles is 1. The third kappa shape index (κ3) is 2.45. The number of rotatable bonds is 2. The van der Waals surface area contributed by atoms with E-state index in [1.807, 2.05) is 6.07 Å². The zero-order valence-electron chi connectivity index (χ0n) is 6.80. The summed E-state index contributed by atoms with van der Waals surface area (Å²) in [4.78, 5) is 0. The number of halogens is 3. The lowest BCUT2D eigenvalue weighted by molar-refractivity contribution is -0.0499. The Labute approximate surface area is 92.6 Å². The lowest BCUT2D eigenvalue weighted by Crippen LogP contribution is -2.06. The van der Waals surface area contributed by atoms with E-state index >= 15 is 0 Å². The van der Waals surface area contributed by atoms with Crippen molar-refractivity contribution in [1.29, 1.82) is 5.26 Å². The number of ether oxygens (including phenoxy) is 1. The molecule has 2 N–H and O–H groups in total. The minimum atomic E-state index is -2.92. The molecule has 0 unspecified atom stereocenters. The van der Waals surface area contributed by atoms with Gasteiger partial charge in [0.05, 0.1) is 20.9 Å². The molecule has 74 valence electrons. The zero-order chi connectivity index (χ0) is 10.7. The van der Waals surface area contributed by atoms with Gasteiger partial charge in [0.1, 0.15) is 0 Å². The van der Waals surface area contributed by atoms with Crippen molar-refractivity contribution in [3.63, 3.8) is 0 Å². The van der Waals surface area contributed by atoms with Crippen LogP contribution in [0.15, 0.2) is 12.1 Å². The van der Waals surface area contributed by atoms with E-state index in [2.05, 4.69) is 4.74 Å². The first-order chi connectivity index (χ1) is 6.54. The third-order valence-corrected chi connectivity index (χ3v) is 2.21. The molecular weight excluding hydrogens is 305 g/mol. The van der Waals surface area contributed by atoms with Crippen LogP contribution in [0.4, 0.5) is 14.5 Å². The number of anilines is 1. The van der Waals surface area contributed by atoms with Gasteiger partial charge in [0.15, 0.2) is 5.75 Å². The third-order valence-electron chi connectivity index (χ3n) is 1.41. The summed E-state index contributed by atoms with van der Waals surface area (Å²) < 4.78 is 28.4. The summed E-state index contributed by atoms with van der Waals surface area (Å²) in [7, 11) is 0. The van der Waals surface area contributed by atoms with Crippen LogP contribution in [-0.2, 0) is 0 Å². The van der Waals surface area contributed by atoms with Crippen molar-refractivity contribution in [3.05, 3.63) is 21.3 Å². The number of hydrogen-bond donors (Lipinski definition) is 1. The molecule has 1 aromatic carbocycles. The largest absolute Gasteiger partial charge is 0.431 e. The molecule has 0 aliphatic heterocycles. The summed E-state index contributed by atoms with van der Waals surface area (Å²) in [6, 6.07) is 4.58. The second-order valence-corrected chi connectivity index (χ2v) is 3.53. The summed E-state index contributed by atoms with van der Waals surface area (Å²) in [6.45, 7) is -2.92. The summed E-state index contributed by atoms with van der Waals surface area (Å²) >= 11 is 1.78. The van der Waals surface area contributed by atoms with Gasteiger partial charge in [0, 0.05) is 0 Å². The van der Waals surface area contributed by atoms with E-state index in [0.717, 1.165) is 0 Å². The molecule has 6 heteroatoms. The topological polar surface area (TPSA) is 59.0 Å². The number of nitrogens with zero attached hydrogens (tertiary/aromatic N) is 1. The Morgan fingerprint density at radius 3 is 2.57 bits per heavy atom. The van der Waals surface area contributed by atoms with E-state index in [-0.39, 0.29) is 11.4 Å². The van der Waals surface area contributed by atoms with Crippen molar-refractivity contribution in [1.82, 2.24) is 0 Å². The molecule has 1 rings (SSSR count). The van der Waals surface area contributed by atoms with Crippen LogP contribution in [0.1, 0.15) is 5.56 Å². The lowest BCUT2D eigenvalue weighted by Gasteiger charge is -2.09. The molecule has 0 saturated carbocycles. The number of nitrogens with two attached hydrogens (primary N) is 1. The van der Waals surface area contributed by atoms with Crippen LogP contribution in [0.5, 0.6) is 5.75 Å². The standard InChI is InChI=1S/C8H5F2IN2O/c9-8(10)14-7-5(11)1-4(3-12)2-6(7)13/h1-2,8H,13H2. The number of hydrogen-bond acceptors (Lipinski definition) is 3. The molecular formula is C8H5F2IN2O. The predicted molar refractivity (Wildman–Crippen MR) is 54.9 cm³/mol. The van der Waals surface area contributed by atoms with E-state index in [0.29, 0.717) is 9.13 Å². The highest BCUT2D eigenvalue weighted by atomic mass is 127. The first kappa shape index (κ1) is 11.0. The van der Waals surface area contributed by atoms with Crippen LogP contribution in [0.3, 0.4) is 0 Å². The van der Waals surface area contributed by atoms with Gasteiger partial charge >= 0.3 is 6.61 Å². The van der Waals surface area contributed by atoms with Gasteiger partial charge in [-0.1, -0.05) is 0 Å². The number of benzene rings is 1. The average Bonchev–Trinajstić information content (AvgIpc) is 2.10. The molecule has 14 heavy (non-hydrogen) atoms. The van der Waals surface area contributed by atoms with Gasteiger partial charge in [-0.15, -0.1) is 0 Å². The van der Waals surface area contributed by atoms with Crippen molar-refractivity contribution in [3.8, 4) is 11.8 Å². The van der Waals surface area contributed by atoms with E-state index in [9.17, 15) is 8.78 Å². The Morgan fingerprint density at radius 1 is 1.50 bits per heavy atom. The maximum Gasteiger partial charge on any atom is 0.387 e. The Balaban J connectivity index is 3.13. The Bertz CT molecular complexity index is 366. The molecule has 0 spiro atoms. The highest BCUT2D eigenvalue weighted by Crippen LogP contribution is 2.30. The minimum Gasteiger partial charge on any atom is -0.431 e. The van der Waals surface area contributed by atoms with Gasteiger partial charge in [-0.2, -0.15) is 14.0 Å². The van der Waals surface area contributed by atoms with Crippen molar-refractivity contribution in [2.24, 2.45) is 0 Å². The first-order valence-corrected chi connectivity index (χ1v) is 4.56. The van der Waals surface area contributed by atoms with Crippen molar-refractivity contribution in [2.45, 2.75) is 6.61 Å². The Morgan fingerprint density at radius 2 is 2.14 bits per heavy atom. The molecule has 0 aliphatic rings. The smallest absolute Gasteiger partial charge is 0.387 e.